The molecular weight excluding hydrogens is 246 g/mol. The Morgan fingerprint density at radius 1 is 1.50 bits per heavy atom. The standard InChI is InChI=1S/C12H21N5S/c1-8(2)11-17-16-10(18-11)6-7-14-12(13)15-9-4-3-5-9/h8-9H,3-7H2,1-2H3,(H3,13,14,15). The number of rotatable bonds is 5. The van der Waals surface area contributed by atoms with Crippen LogP contribution in [0.3, 0.4) is 0 Å². The van der Waals surface area contributed by atoms with E-state index in [1.807, 2.05) is 0 Å². The van der Waals surface area contributed by atoms with Gasteiger partial charge < -0.3 is 11.1 Å². The molecule has 1 aromatic rings. The van der Waals surface area contributed by atoms with E-state index in [9.17, 15) is 0 Å². The number of guanidine groups is 1. The third-order valence-corrected chi connectivity index (χ3v) is 4.32. The summed E-state index contributed by atoms with van der Waals surface area (Å²) in [7, 11) is 0. The molecule has 0 radical (unpaired) electrons. The predicted octanol–water partition coefficient (Wildman–Crippen LogP) is 1.66. The highest BCUT2D eigenvalue weighted by atomic mass is 32.1. The zero-order chi connectivity index (χ0) is 13.0. The van der Waals surface area contributed by atoms with Gasteiger partial charge in [0.2, 0.25) is 0 Å². The quantitative estimate of drug-likeness (QED) is 0.628. The number of aromatic nitrogens is 2. The van der Waals surface area contributed by atoms with Crippen molar-refractivity contribution in [2.24, 2.45) is 10.7 Å². The van der Waals surface area contributed by atoms with Crippen molar-refractivity contribution in [1.82, 2.24) is 15.5 Å². The average Bonchev–Trinajstić information content (AvgIpc) is 2.72. The molecule has 0 atom stereocenters. The summed E-state index contributed by atoms with van der Waals surface area (Å²) in [4.78, 5) is 4.32. The van der Waals surface area contributed by atoms with Gasteiger partial charge >= 0.3 is 0 Å². The van der Waals surface area contributed by atoms with Crippen LogP contribution in [0.5, 0.6) is 0 Å². The Balaban J connectivity index is 1.74. The molecule has 18 heavy (non-hydrogen) atoms. The Bertz CT molecular complexity index is 408. The Morgan fingerprint density at radius 2 is 2.28 bits per heavy atom. The monoisotopic (exact) mass is 267 g/mol. The fraction of sp³-hybridized carbons (Fsp3) is 0.750. The van der Waals surface area contributed by atoms with Gasteiger partial charge in [0.25, 0.3) is 0 Å². The van der Waals surface area contributed by atoms with Crippen molar-refractivity contribution in [2.45, 2.75) is 51.5 Å². The normalized spacial score (nSPS) is 16.9. The zero-order valence-electron chi connectivity index (χ0n) is 11.0. The zero-order valence-corrected chi connectivity index (χ0v) is 11.8. The summed E-state index contributed by atoms with van der Waals surface area (Å²) < 4.78 is 0. The van der Waals surface area contributed by atoms with Crippen molar-refractivity contribution in [3.05, 3.63) is 10.0 Å². The van der Waals surface area contributed by atoms with Crippen LogP contribution in [0.15, 0.2) is 4.99 Å². The van der Waals surface area contributed by atoms with Crippen LogP contribution in [0.2, 0.25) is 0 Å². The summed E-state index contributed by atoms with van der Waals surface area (Å²) in [6, 6.07) is 0.544. The number of hydrogen-bond acceptors (Lipinski definition) is 4. The molecule has 1 aliphatic rings. The van der Waals surface area contributed by atoms with Crippen LogP contribution in [-0.4, -0.2) is 28.7 Å². The van der Waals surface area contributed by atoms with Gasteiger partial charge in [-0.1, -0.05) is 13.8 Å². The molecule has 0 unspecified atom stereocenters. The molecule has 1 aromatic heterocycles. The van der Waals surface area contributed by atoms with E-state index in [1.54, 1.807) is 11.3 Å². The van der Waals surface area contributed by atoms with Crippen LogP contribution in [0.1, 0.15) is 49.0 Å². The molecule has 0 bridgehead atoms. The van der Waals surface area contributed by atoms with Crippen LogP contribution < -0.4 is 11.1 Å². The van der Waals surface area contributed by atoms with Crippen LogP contribution in [0.25, 0.3) is 0 Å². The van der Waals surface area contributed by atoms with E-state index in [2.05, 4.69) is 34.4 Å². The Kier molecular flexibility index (Phi) is 4.52. The summed E-state index contributed by atoms with van der Waals surface area (Å²) in [6.45, 7) is 4.93. The largest absolute Gasteiger partial charge is 0.370 e. The number of nitrogens with zero attached hydrogens (tertiary/aromatic N) is 3. The molecule has 0 saturated heterocycles. The number of nitrogens with two attached hydrogens (primary N) is 1. The maximum atomic E-state index is 5.81. The maximum absolute atomic E-state index is 5.81. The first-order valence-corrected chi connectivity index (χ1v) is 7.35. The molecule has 1 heterocycles. The van der Waals surface area contributed by atoms with Crippen molar-refractivity contribution in [3.63, 3.8) is 0 Å². The molecule has 1 saturated carbocycles. The fourth-order valence-electron chi connectivity index (χ4n) is 1.68. The van der Waals surface area contributed by atoms with Crippen LogP contribution in [0, 0.1) is 0 Å². The second-order valence-electron chi connectivity index (χ2n) is 4.98. The van der Waals surface area contributed by atoms with Gasteiger partial charge in [0.15, 0.2) is 5.96 Å². The molecule has 0 spiro atoms. The van der Waals surface area contributed by atoms with Crippen LogP contribution >= 0.6 is 11.3 Å². The van der Waals surface area contributed by atoms with E-state index in [4.69, 9.17) is 5.73 Å². The van der Waals surface area contributed by atoms with E-state index in [1.165, 1.54) is 19.3 Å². The van der Waals surface area contributed by atoms with E-state index in [0.29, 0.717) is 24.5 Å². The SMILES string of the molecule is CC(C)c1nnc(CCN=C(N)NC2CCC2)s1. The first-order chi connectivity index (χ1) is 8.65. The molecule has 1 aliphatic carbocycles. The third-order valence-electron chi connectivity index (χ3n) is 3.04. The van der Waals surface area contributed by atoms with E-state index in [0.717, 1.165) is 16.4 Å². The number of aliphatic imine (C=N–C) groups is 1. The molecular formula is C12H21N5S. The first-order valence-electron chi connectivity index (χ1n) is 6.54. The molecule has 5 nitrogen and oxygen atoms in total. The highest BCUT2D eigenvalue weighted by Crippen LogP contribution is 2.19. The lowest BCUT2D eigenvalue weighted by Gasteiger charge is -2.26. The van der Waals surface area contributed by atoms with Gasteiger partial charge in [-0.05, 0) is 19.3 Å². The summed E-state index contributed by atoms with van der Waals surface area (Å²) in [5.74, 6) is 1.01. The second kappa shape index (κ2) is 6.13. The van der Waals surface area contributed by atoms with Gasteiger partial charge in [-0.25, -0.2) is 0 Å². The maximum Gasteiger partial charge on any atom is 0.188 e. The van der Waals surface area contributed by atoms with Gasteiger partial charge in [0, 0.05) is 24.9 Å². The summed E-state index contributed by atoms with van der Waals surface area (Å²) >= 11 is 1.67. The van der Waals surface area contributed by atoms with Gasteiger partial charge in [0.1, 0.15) is 10.0 Å². The van der Waals surface area contributed by atoms with E-state index < -0.39 is 0 Å². The van der Waals surface area contributed by atoms with Crippen molar-refractivity contribution in [3.8, 4) is 0 Å². The lowest BCUT2D eigenvalue weighted by molar-refractivity contribution is 0.382. The minimum Gasteiger partial charge on any atom is -0.370 e. The second-order valence-corrected chi connectivity index (χ2v) is 6.07. The molecule has 0 aromatic carbocycles. The summed E-state index contributed by atoms with van der Waals surface area (Å²) in [5, 5.41) is 13.7. The van der Waals surface area contributed by atoms with Gasteiger partial charge in [-0.3, -0.25) is 4.99 Å². The number of nitrogens with one attached hydrogen (secondary N) is 1. The highest BCUT2D eigenvalue weighted by molar-refractivity contribution is 7.11. The topological polar surface area (TPSA) is 76.2 Å². The minimum atomic E-state index is 0.449. The van der Waals surface area contributed by atoms with E-state index in [-0.39, 0.29) is 0 Å². The third kappa shape index (κ3) is 3.66. The van der Waals surface area contributed by atoms with Crippen LogP contribution in [-0.2, 0) is 6.42 Å². The predicted molar refractivity (Wildman–Crippen MR) is 75.0 cm³/mol. The lowest BCUT2D eigenvalue weighted by Crippen LogP contribution is -2.43. The van der Waals surface area contributed by atoms with Gasteiger partial charge in [-0.15, -0.1) is 21.5 Å². The average molecular weight is 267 g/mol. The molecule has 1 fully saturated rings. The van der Waals surface area contributed by atoms with Crippen molar-refractivity contribution >= 4 is 17.3 Å². The van der Waals surface area contributed by atoms with Gasteiger partial charge in [-0.2, -0.15) is 0 Å². The molecule has 3 N–H and O–H groups in total. The Morgan fingerprint density at radius 3 is 2.83 bits per heavy atom. The molecule has 2 rings (SSSR count). The molecule has 0 amide bonds. The van der Waals surface area contributed by atoms with Crippen molar-refractivity contribution < 1.29 is 0 Å². The molecule has 0 aliphatic heterocycles. The summed E-state index contributed by atoms with van der Waals surface area (Å²) in [6.07, 6.45) is 4.54. The highest BCUT2D eigenvalue weighted by Gasteiger charge is 2.17. The van der Waals surface area contributed by atoms with Gasteiger partial charge in [0.05, 0.1) is 0 Å². The summed E-state index contributed by atoms with van der Waals surface area (Å²) in [5.41, 5.74) is 5.81. The van der Waals surface area contributed by atoms with E-state index >= 15 is 0 Å². The Hall–Kier alpha value is -1.17. The first kappa shape index (κ1) is 13.3. The van der Waals surface area contributed by atoms with Crippen molar-refractivity contribution in [2.75, 3.05) is 6.54 Å². The minimum absolute atomic E-state index is 0.449. The van der Waals surface area contributed by atoms with Crippen LogP contribution in [0.4, 0.5) is 0 Å². The lowest BCUT2D eigenvalue weighted by atomic mass is 9.93. The fourth-order valence-corrected chi connectivity index (χ4v) is 2.51. The van der Waals surface area contributed by atoms with Crippen molar-refractivity contribution in [1.29, 1.82) is 0 Å². The Labute approximate surface area is 112 Å². The number of hydrogen-bond donors (Lipinski definition) is 2. The molecule has 100 valence electrons. The smallest absolute Gasteiger partial charge is 0.188 e. The molecule has 6 heteroatoms.